The predicted molar refractivity (Wildman–Crippen MR) is 128 cm³/mol. The maximum absolute atomic E-state index is 10.4. The van der Waals surface area contributed by atoms with Gasteiger partial charge in [-0.15, -0.1) is 0 Å². The molecule has 0 aliphatic carbocycles. The fraction of sp³-hybridized carbons (Fsp3) is 0.148. The molecule has 0 atom stereocenters. The molecule has 0 saturated carbocycles. The molecule has 0 saturated heterocycles. The highest BCUT2D eigenvalue weighted by Crippen LogP contribution is 2.36. The first-order valence-corrected chi connectivity index (χ1v) is 10.7. The zero-order valence-corrected chi connectivity index (χ0v) is 18.3. The van der Waals surface area contributed by atoms with Gasteiger partial charge in [-0.1, -0.05) is 38.1 Å². The molecule has 32 heavy (non-hydrogen) atoms. The number of hydrogen-bond donors (Lipinski definition) is 1. The fourth-order valence-electron chi connectivity index (χ4n) is 4.04. The van der Waals surface area contributed by atoms with Gasteiger partial charge in [-0.25, -0.2) is 4.98 Å². The van der Waals surface area contributed by atoms with Crippen LogP contribution in [-0.2, 0) is 7.05 Å². The predicted octanol–water partition coefficient (Wildman–Crippen LogP) is 6.19. The van der Waals surface area contributed by atoms with E-state index in [0.29, 0.717) is 17.3 Å². The summed E-state index contributed by atoms with van der Waals surface area (Å²) >= 11 is 0. The molecule has 158 valence electrons. The molecule has 0 radical (unpaired) electrons. The lowest BCUT2D eigenvalue weighted by Crippen LogP contribution is -1.94. The third-order valence-corrected chi connectivity index (χ3v) is 5.83. The van der Waals surface area contributed by atoms with Gasteiger partial charge in [0.15, 0.2) is 0 Å². The van der Waals surface area contributed by atoms with Crippen LogP contribution in [0, 0.1) is 0 Å². The van der Waals surface area contributed by atoms with Crippen LogP contribution in [0.25, 0.3) is 44.8 Å². The molecule has 2 aromatic carbocycles. The van der Waals surface area contributed by atoms with Crippen LogP contribution in [0.2, 0.25) is 0 Å². The number of phenols is 1. The first kappa shape index (κ1) is 19.9. The summed E-state index contributed by atoms with van der Waals surface area (Å²) in [6, 6.07) is 19.8. The first-order chi connectivity index (χ1) is 15.5. The van der Waals surface area contributed by atoms with Crippen LogP contribution in [0.3, 0.4) is 0 Å². The summed E-state index contributed by atoms with van der Waals surface area (Å²) in [6.45, 7) is 4.38. The number of aryl methyl sites for hydroxylation is 1. The summed E-state index contributed by atoms with van der Waals surface area (Å²) in [5.74, 6) is 1.28. The molecule has 0 fully saturated rings. The molecule has 0 spiro atoms. The van der Waals surface area contributed by atoms with Crippen LogP contribution in [0.5, 0.6) is 5.75 Å². The Balaban J connectivity index is 1.74. The van der Waals surface area contributed by atoms with Gasteiger partial charge in [0.1, 0.15) is 17.1 Å². The Morgan fingerprint density at radius 2 is 1.66 bits per heavy atom. The number of phenolic OH excluding ortho intramolecular Hbond substituents is 1. The van der Waals surface area contributed by atoms with Gasteiger partial charge in [-0.3, -0.25) is 9.97 Å². The van der Waals surface area contributed by atoms with E-state index in [1.807, 2.05) is 66.6 Å². The lowest BCUT2D eigenvalue weighted by atomic mass is 9.93. The number of nitrogens with zero attached hydrogens (tertiary/aromatic N) is 4. The second-order valence-corrected chi connectivity index (χ2v) is 8.28. The normalized spacial score (nSPS) is 11.4. The van der Waals surface area contributed by atoms with Crippen molar-refractivity contribution in [3.05, 3.63) is 84.8 Å². The summed E-state index contributed by atoms with van der Waals surface area (Å²) in [4.78, 5) is 14.0. The zero-order valence-electron chi connectivity index (χ0n) is 18.3. The van der Waals surface area contributed by atoms with Crippen molar-refractivity contribution in [3.8, 4) is 39.5 Å². The molecule has 5 heteroatoms. The topological polar surface area (TPSA) is 63.8 Å². The third-order valence-electron chi connectivity index (χ3n) is 5.83. The molecular formula is C27H24N4O. The molecule has 0 unspecified atom stereocenters. The smallest absolute Gasteiger partial charge is 0.144 e. The molecule has 3 heterocycles. The summed E-state index contributed by atoms with van der Waals surface area (Å²) in [5, 5.41) is 10.4. The number of aromatic nitrogens is 4. The van der Waals surface area contributed by atoms with Crippen molar-refractivity contribution in [1.29, 1.82) is 0 Å². The Labute approximate surface area is 187 Å². The van der Waals surface area contributed by atoms with Crippen LogP contribution < -0.4 is 0 Å². The molecule has 0 amide bonds. The highest BCUT2D eigenvalue weighted by atomic mass is 16.3. The van der Waals surface area contributed by atoms with Crippen molar-refractivity contribution in [3.63, 3.8) is 0 Å². The minimum absolute atomic E-state index is 0.208. The van der Waals surface area contributed by atoms with Crippen LogP contribution in [0.1, 0.15) is 25.3 Å². The molecule has 0 aliphatic rings. The number of pyridine rings is 2. The van der Waals surface area contributed by atoms with Crippen LogP contribution in [0.15, 0.2) is 79.3 Å². The molecule has 0 aliphatic heterocycles. The number of imidazole rings is 1. The maximum atomic E-state index is 10.4. The van der Waals surface area contributed by atoms with Crippen LogP contribution >= 0.6 is 0 Å². The van der Waals surface area contributed by atoms with E-state index in [1.54, 1.807) is 6.07 Å². The van der Waals surface area contributed by atoms with Crippen molar-refractivity contribution in [2.75, 3.05) is 0 Å². The number of benzene rings is 2. The van der Waals surface area contributed by atoms with E-state index in [4.69, 9.17) is 4.98 Å². The van der Waals surface area contributed by atoms with Crippen molar-refractivity contribution in [2.45, 2.75) is 19.8 Å². The summed E-state index contributed by atoms with van der Waals surface area (Å²) < 4.78 is 1.98. The van der Waals surface area contributed by atoms with Crippen molar-refractivity contribution >= 4 is 11.0 Å². The fourth-order valence-corrected chi connectivity index (χ4v) is 4.04. The van der Waals surface area contributed by atoms with Gasteiger partial charge in [0.2, 0.25) is 0 Å². The number of hydrogen-bond acceptors (Lipinski definition) is 4. The third kappa shape index (κ3) is 3.42. The molecule has 3 aromatic heterocycles. The number of para-hydroxylation sites is 1. The highest BCUT2D eigenvalue weighted by Gasteiger charge is 2.17. The monoisotopic (exact) mass is 420 g/mol. The molecular weight excluding hydrogens is 396 g/mol. The van der Waals surface area contributed by atoms with E-state index in [-0.39, 0.29) is 5.75 Å². The van der Waals surface area contributed by atoms with E-state index in [0.717, 1.165) is 33.4 Å². The second-order valence-electron chi connectivity index (χ2n) is 8.28. The van der Waals surface area contributed by atoms with E-state index < -0.39 is 0 Å². The number of rotatable bonds is 4. The van der Waals surface area contributed by atoms with Crippen molar-refractivity contribution < 1.29 is 5.11 Å². The number of aromatic hydroxyl groups is 1. The average molecular weight is 421 g/mol. The zero-order chi connectivity index (χ0) is 22.2. The quantitative estimate of drug-likeness (QED) is 0.376. The summed E-state index contributed by atoms with van der Waals surface area (Å²) in [6.07, 6.45) is 5.50. The van der Waals surface area contributed by atoms with Gasteiger partial charge in [0.25, 0.3) is 0 Å². The van der Waals surface area contributed by atoms with E-state index in [2.05, 4.69) is 42.0 Å². The van der Waals surface area contributed by atoms with Crippen molar-refractivity contribution in [2.24, 2.45) is 7.05 Å². The Morgan fingerprint density at radius 1 is 0.875 bits per heavy atom. The Hall–Kier alpha value is -3.99. The standard InChI is InChI=1S/C27H24N4O/c1-17(2)18-12-19(14-20(13-18)23-9-6-7-11-29-23)22-15-28-16-24-26(22)30-27(31(24)3)21-8-4-5-10-25(21)32/h4-17,32H,1-3H3. The number of fused-ring (bicyclic) bond motifs is 1. The molecule has 0 bridgehead atoms. The average Bonchev–Trinajstić information content (AvgIpc) is 3.16. The van der Waals surface area contributed by atoms with Gasteiger partial charge in [-0.05, 0) is 53.4 Å². The Kier molecular flexibility index (Phi) is 4.94. The van der Waals surface area contributed by atoms with Crippen LogP contribution in [-0.4, -0.2) is 24.6 Å². The van der Waals surface area contributed by atoms with E-state index in [9.17, 15) is 5.11 Å². The molecule has 5 rings (SSSR count). The SMILES string of the molecule is CC(C)c1cc(-c2ccccn2)cc(-c2cncc3c2nc(-c2ccccc2O)n3C)c1. The lowest BCUT2D eigenvalue weighted by Gasteiger charge is -2.12. The van der Waals surface area contributed by atoms with E-state index >= 15 is 0 Å². The molecule has 5 nitrogen and oxygen atoms in total. The Bertz CT molecular complexity index is 1420. The van der Waals surface area contributed by atoms with Gasteiger partial charge >= 0.3 is 0 Å². The molecule has 1 N–H and O–H groups in total. The van der Waals surface area contributed by atoms with Gasteiger partial charge < -0.3 is 9.67 Å². The van der Waals surface area contributed by atoms with Crippen molar-refractivity contribution in [1.82, 2.24) is 19.5 Å². The minimum atomic E-state index is 0.208. The summed E-state index contributed by atoms with van der Waals surface area (Å²) in [5.41, 5.74) is 7.72. The Morgan fingerprint density at radius 3 is 2.41 bits per heavy atom. The van der Waals surface area contributed by atoms with Gasteiger partial charge in [0, 0.05) is 30.6 Å². The second kappa shape index (κ2) is 7.93. The maximum Gasteiger partial charge on any atom is 0.144 e. The van der Waals surface area contributed by atoms with Crippen LogP contribution in [0.4, 0.5) is 0 Å². The summed E-state index contributed by atoms with van der Waals surface area (Å²) in [7, 11) is 1.95. The van der Waals surface area contributed by atoms with Gasteiger partial charge in [-0.2, -0.15) is 0 Å². The molecule has 5 aromatic rings. The minimum Gasteiger partial charge on any atom is -0.507 e. The first-order valence-electron chi connectivity index (χ1n) is 10.7. The van der Waals surface area contributed by atoms with Gasteiger partial charge in [0.05, 0.1) is 23.0 Å². The van der Waals surface area contributed by atoms with E-state index in [1.165, 1.54) is 5.56 Å². The lowest BCUT2D eigenvalue weighted by molar-refractivity contribution is 0.476. The highest BCUT2D eigenvalue weighted by molar-refractivity contribution is 5.94. The largest absolute Gasteiger partial charge is 0.507 e.